The van der Waals surface area contributed by atoms with Crippen LogP contribution in [0.25, 0.3) is 0 Å². The van der Waals surface area contributed by atoms with Crippen LogP contribution in [0.5, 0.6) is 0 Å². The first-order chi connectivity index (χ1) is 11.6. The number of hydrogen-bond acceptors (Lipinski definition) is 6. The second-order valence-electron chi connectivity index (χ2n) is 7.27. The summed E-state index contributed by atoms with van der Waals surface area (Å²) in [6.07, 6.45) is -0.621. The molecule has 1 unspecified atom stereocenters. The van der Waals surface area contributed by atoms with E-state index >= 15 is 0 Å². The van der Waals surface area contributed by atoms with Crippen LogP contribution in [-0.4, -0.2) is 38.0 Å². The molecule has 146 valence electrons. The quantitative estimate of drug-likeness (QED) is 0.476. The molecule has 0 aromatic rings. The number of carbonyl (C=O) groups excluding carboxylic acids is 3. The highest BCUT2D eigenvalue weighted by Crippen LogP contribution is 2.16. The van der Waals surface area contributed by atoms with Gasteiger partial charge in [-0.3, -0.25) is 9.59 Å². The molecule has 0 rings (SSSR count). The summed E-state index contributed by atoms with van der Waals surface area (Å²) in [5.41, 5.74) is 0. The van der Waals surface area contributed by atoms with E-state index in [4.69, 9.17) is 14.2 Å². The molecule has 0 aliphatic heterocycles. The highest BCUT2D eigenvalue weighted by Gasteiger charge is 2.25. The Morgan fingerprint density at radius 2 is 1.56 bits per heavy atom. The maximum atomic E-state index is 12.0. The number of esters is 2. The van der Waals surface area contributed by atoms with E-state index in [1.54, 1.807) is 27.7 Å². The van der Waals surface area contributed by atoms with Crippen molar-refractivity contribution in [3.05, 3.63) is 0 Å². The highest BCUT2D eigenvalue weighted by molar-refractivity contribution is 5.72. The summed E-state index contributed by atoms with van der Waals surface area (Å²) in [4.78, 5) is 35.2. The number of nitrogens with one attached hydrogen (secondary N) is 1. The number of ether oxygens (including phenoxy) is 3. The molecule has 0 bridgehead atoms. The smallest absolute Gasteiger partial charge is 0.410 e. The van der Waals surface area contributed by atoms with Gasteiger partial charge in [-0.2, -0.15) is 0 Å². The van der Waals surface area contributed by atoms with E-state index < -0.39 is 18.4 Å². The van der Waals surface area contributed by atoms with Crippen molar-refractivity contribution in [2.75, 3.05) is 13.7 Å². The lowest BCUT2D eigenvalue weighted by molar-refractivity contribution is -0.178. The predicted octanol–water partition coefficient (Wildman–Crippen LogP) is 3.12. The monoisotopic (exact) mass is 359 g/mol. The largest absolute Gasteiger partial charge is 0.469 e. The van der Waals surface area contributed by atoms with E-state index in [1.165, 1.54) is 7.11 Å². The van der Waals surface area contributed by atoms with Crippen LogP contribution >= 0.6 is 0 Å². The van der Waals surface area contributed by atoms with Crippen LogP contribution in [0.2, 0.25) is 0 Å². The molecule has 1 N–H and O–H groups in total. The highest BCUT2D eigenvalue weighted by atomic mass is 16.7. The van der Waals surface area contributed by atoms with Crippen LogP contribution in [0.1, 0.15) is 54.4 Å². The molecule has 0 aliphatic carbocycles. The molecule has 25 heavy (non-hydrogen) atoms. The second-order valence-corrected chi connectivity index (χ2v) is 7.27. The summed E-state index contributed by atoms with van der Waals surface area (Å²) < 4.78 is 15.1. The summed E-state index contributed by atoms with van der Waals surface area (Å²) in [7, 11) is 1.34. The van der Waals surface area contributed by atoms with E-state index in [1.807, 2.05) is 13.8 Å². The van der Waals surface area contributed by atoms with Gasteiger partial charge in [0.1, 0.15) is 0 Å². The van der Waals surface area contributed by atoms with Crippen molar-refractivity contribution in [3.8, 4) is 0 Å². The topological polar surface area (TPSA) is 90.9 Å². The molecule has 0 saturated carbocycles. The zero-order chi connectivity index (χ0) is 19.6. The predicted molar refractivity (Wildman–Crippen MR) is 93.6 cm³/mol. The molecule has 7 heteroatoms. The van der Waals surface area contributed by atoms with Crippen LogP contribution < -0.4 is 5.32 Å². The molecule has 7 nitrogen and oxygen atoms in total. The number of alkyl carbamates (subject to hydrolysis) is 1. The number of methoxy groups -OCH3 is 1. The van der Waals surface area contributed by atoms with Gasteiger partial charge in [0.05, 0.1) is 19.4 Å². The first-order valence-corrected chi connectivity index (χ1v) is 8.78. The van der Waals surface area contributed by atoms with Gasteiger partial charge in [0.2, 0.25) is 0 Å². The summed E-state index contributed by atoms with van der Waals surface area (Å²) in [5, 5.41) is 2.65. The Morgan fingerprint density at radius 1 is 0.960 bits per heavy atom. The van der Waals surface area contributed by atoms with E-state index in [0.29, 0.717) is 5.92 Å². The lowest BCUT2D eigenvalue weighted by Gasteiger charge is -2.23. The van der Waals surface area contributed by atoms with Crippen molar-refractivity contribution in [2.45, 2.75) is 60.7 Å². The van der Waals surface area contributed by atoms with Crippen molar-refractivity contribution >= 4 is 18.0 Å². The first kappa shape index (κ1) is 23.2. The summed E-state index contributed by atoms with van der Waals surface area (Å²) in [5.74, 6) is -0.876. The molecular weight excluding hydrogens is 326 g/mol. The van der Waals surface area contributed by atoms with Gasteiger partial charge in [0.25, 0.3) is 6.29 Å². The fraction of sp³-hybridized carbons (Fsp3) is 0.833. The molecule has 0 aliphatic rings. The molecule has 0 aromatic carbocycles. The van der Waals surface area contributed by atoms with Crippen molar-refractivity contribution in [2.24, 2.45) is 23.7 Å². The lowest BCUT2D eigenvalue weighted by atomic mass is 9.94. The maximum Gasteiger partial charge on any atom is 0.410 e. The molecule has 0 fully saturated rings. The van der Waals surface area contributed by atoms with E-state index in [0.717, 1.165) is 6.42 Å². The number of hydrogen-bond donors (Lipinski definition) is 1. The third-order valence-electron chi connectivity index (χ3n) is 3.49. The van der Waals surface area contributed by atoms with Gasteiger partial charge in [0.15, 0.2) is 0 Å². The molecule has 2 atom stereocenters. The van der Waals surface area contributed by atoms with E-state index in [2.05, 4.69) is 5.32 Å². The van der Waals surface area contributed by atoms with Crippen LogP contribution in [-0.2, 0) is 23.8 Å². The van der Waals surface area contributed by atoms with Crippen LogP contribution in [0, 0.1) is 23.7 Å². The van der Waals surface area contributed by atoms with Crippen molar-refractivity contribution in [3.63, 3.8) is 0 Å². The van der Waals surface area contributed by atoms with Crippen molar-refractivity contribution in [1.29, 1.82) is 0 Å². The zero-order valence-electron chi connectivity index (χ0n) is 16.5. The molecule has 0 saturated heterocycles. The molecule has 0 heterocycles. The van der Waals surface area contributed by atoms with Crippen molar-refractivity contribution < 1.29 is 28.6 Å². The zero-order valence-corrected chi connectivity index (χ0v) is 16.5. The fourth-order valence-electron chi connectivity index (χ4n) is 2.15. The average molecular weight is 359 g/mol. The molecule has 1 amide bonds. The SMILES string of the molecule is COC(=O)C[C@@H](CNC(=O)OC(OC(=O)C(C)C)C(C)C)CC(C)C. The van der Waals surface area contributed by atoms with Gasteiger partial charge >= 0.3 is 18.0 Å². The minimum absolute atomic E-state index is 0.0456. The Labute approximate surface area is 150 Å². The Balaban J connectivity index is 4.59. The van der Waals surface area contributed by atoms with Gasteiger partial charge in [-0.25, -0.2) is 4.79 Å². The first-order valence-electron chi connectivity index (χ1n) is 8.78. The molecule has 0 radical (unpaired) electrons. The van der Waals surface area contributed by atoms with Crippen molar-refractivity contribution in [1.82, 2.24) is 5.32 Å². The standard InChI is InChI=1S/C18H33NO6/c1-11(2)8-14(9-15(20)23-7)10-19-18(22)25-17(13(5)6)24-16(21)12(3)4/h11-14,17H,8-10H2,1-7H3,(H,19,22)/t14-,17?/m0/s1. The van der Waals surface area contributed by atoms with Gasteiger partial charge in [-0.05, 0) is 18.3 Å². The fourth-order valence-corrected chi connectivity index (χ4v) is 2.15. The molecular formula is C18H33NO6. The number of amides is 1. The van der Waals surface area contributed by atoms with Crippen LogP contribution in [0.3, 0.4) is 0 Å². The van der Waals surface area contributed by atoms with Gasteiger partial charge < -0.3 is 19.5 Å². The Hall–Kier alpha value is -1.79. The number of rotatable bonds is 10. The van der Waals surface area contributed by atoms with Crippen LogP contribution in [0.4, 0.5) is 4.79 Å². The van der Waals surface area contributed by atoms with E-state index in [-0.39, 0.29) is 36.7 Å². The van der Waals surface area contributed by atoms with Gasteiger partial charge in [0, 0.05) is 12.5 Å². The number of carbonyl (C=O) groups is 3. The Kier molecular flexibility index (Phi) is 10.9. The van der Waals surface area contributed by atoms with Crippen LogP contribution in [0.15, 0.2) is 0 Å². The summed E-state index contributed by atoms with van der Waals surface area (Å²) in [6, 6.07) is 0. The minimum atomic E-state index is -0.945. The summed E-state index contributed by atoms with van der Waals surface area (Å²) >= 11 is 0. The van der Waals surface area contributed by atoms with Gasteiger partial charge in [-0.15, -0.1) is 0 Å². The lowest BCUT2D eigenvalue weighted by Crippen LogP contribution is -2.37. The minimum Gasteiger partial charge on any atom is -0.469 e. The van der Waals surface area contributed by atoms with Gasteiger partial charge in [-0.1, -0.05) is 41.5 Å². The maximum absolute atomic E-state index is 12.0. The summed E-state index contributed by atoms with van der Waals surface area (Å²) in [6.45, 7) is 11.4. The van der Waals surface area contributed by atoms with E-state index in [9.17, 15) is 14.4 Å². The molecule has 0 spiro atoms. The Bertz CT molecular complexity index is 433. The third-order valence-corrected chi connectivity index (χ3v) is 3.49. The third kappa shape index (κ3) is 10.6. The average Bonchev–Trinajstić information content (AvgIpc) is 2.50. The second kappa shape index (κ2) is 11.7. The molecule has 0 aromatic heterocycles. The Morgan fingerprint density at radius 3 is 2.00 bits per heavy atom. The normalized spacial score (nSPS) is 13.5.